The number of fused-ring (bicyclic) bond motifs is 1. The predicted octanol–water partition coefficient (Wildman–Crippen LogP) is 1.75. The number of amides is 2. The summed E-state index contributed by atoms with van der Waals surface area (Å²) in [4.78, 5) is 13.7. The molecule has 0 bridgehead atoms. The molecule has 128 valence electrons. The molecule has 2 amide bonds. The number of benzene rings is 1. The number of nitrogens with zero attached hydrogens (tertiary/aromatic N) is 3. The third-order valence-corrected chi connectivity index (χ3v) is 3.79. The van der Waals surface area contributed by atoms with Crippen molar-refractivity contribution in [3.8, 4) is 11.5 Å². The first-order valence-corrected chi connectivity index (χ1v) is 8.07. The third-order valence-electron chi connectivity index (χ3n) is 3.79. The van der Waals surface area contributed by atoms with E-state index in [9.17, 15) is 4.79 Å². The molecule has 0 aliphatic carbocycles. The van der Waals surface area contributed by atoms with Gasteiger partial charge in [0, 0.05) is 32.5 Å². The third kappa shape index (κ3) is 4.18. The number of hydrogen-bond acceptors (Lipinski definition) is 4. The molecule has 0 fully saturated rings. The number of carbonyl (C=O) groups excluding carboxylic acids is 1. The average molecular weight is 330 g/mol. The SMILES string of the molecule is CN(C[C@@H]1COc2ccccc2O1)C(=O)NCCCn1cccn1. The molecule has 7 nitrogen and oxygen atoms in total. The molecule has 1 N–H and O–H groups in total. The Balaban J connectivity index is 1.38. The molecular weight excluding hydrogens is 308 g/mol. The molecule has 7 heteroatoms. The molecule has 0 unspecified atom stereocenters. The fourth-order valence-corrected chi connectivity index (χ4v) is 2.55. The summed E-state index contributed by atoms with van der Waals surface area (Å²) in [6.07, 6.45) is 4.32. The monoisotopic (exact) mass is 330 g/mol. The standard InChI is InChI=1S/C17H22N4O3/c1-20(17(22)18-8-4-10-21-11-5-9-19-21)12-14-13-23-15-6-2-3-7-16(15)24-14/h2-3,5-7,9,11,14H,4,8,10,12-13H2,1H3,(H,18,22)/t14-/m1/s1. The van der Waals surface area contributed by atoms with Gasteiger partial charge in [-0.25, -0.2) is 4.79 Å². The first kappa shape index (κ1) is 16.2. The van der Waals surface area contributed by atoms with Gasteiger partial charge in [-0.1, -0.05) is 12.1 Å². The van der Waals surface area contributed by atoms with E-state index < -0.39 is 0 Å². The first-order chi connectivity index (χ1) is 11.7. The van der Waals surface area contributed by atoms with Crippen LogP contribution in [0.25, 0.3) is 0 Å². The molecule has 1 aliphatic heterocycles. The normalized spacial score (nSPS) is 15.8. The van der Waals surface area contributed by atoms with Crippen LogP contribution < -0.4 is 14.8 Å². The van der Waals surface area contributed by atoms with Gasteiger partial charge in [-0.05, 0) is 24.6 Å². The van der Waals surface area contributed by atoms with Crippen molar-refractivity contribution in [2.75, 3.05) is 26.7 Å². The highest BCUT2D eigenvalue weighted by atomic mass is 16.6. The molecule has 1 atom stereocenters. The Labute approximate surface area is 141 Å². The van der Waals surface area contributed by atoms with E-state index in [1.54, 1.807) is 18.1 Å². The van der Waals surface area contributed by atoms with Crippen LogP contribution in [0.2, 0.25) is 0 Å². The van der Waals surface area contributed by atoms with Gasteiger partial charge < -0.3 is 19.7 Å². The van der Waals surface area contributed by atoms with Crippen LogP contribution in [0.1, 0.15) is 6.42 Å². The molecule has 0 saturated heterocycles. The summed E-state index contributed by atoms with van der Waals surface area (Å²) in [5.74, 6) is 1.47. The summed E-state index contributed by atoms with van der Waals surface area (Å²) >= 11 is 0. The first-order valence-electron chi connectivity index (χ1n) is 8.07. The average Bonchev–Trinajstić information content (AvgIpc) is 3.12. The quantitative estimate of drug-likeness (QED) is 0.820. The Morgan fingerprint density at radius 3 is 3.00 bits per heavy atom. The highest BCUT2D eigenvalue weighted by Gasteiger charge is 2.23. The maximum atomic E-state index is 12.1. The second-order valence-corrected chi connectivity index (χ2v) is 5.73. The van der Waals surface area contributed by atoms with Crippen molar-refractivity contribution in [3.63, 3.8) is 0 Å². The van der Waals surface area contributed by atoms with Crippen LogP contribution in [0.4, 0.5) is 4.79 Å². The van der Waals surface area contributed by atoms with E-state index >= 15 is 0 Å². The van der Waals surface area contributed by atoms with E-state index in [2.05, 4.69) is 10.4 Å². The van der Waals surface area contributed by atoms with Gasteiger partial charge in [0.25, 0.3) is 0 Å². The summed E-state index contributed by atoms with van der Waals surface area (Å²) in [5.41, 5.74) is 0. The minimum absolute atomic E-state index is 0.113. The van der Waals surface area contributed by atoms with E-state index in [-0.39, 0.29) is 12.1 Å². The lowest BCUT2D eigenvalue weighted by Gasteiger charge is -2.29. The molecular formula is C17H22N4O3. The molecule has 1 aliphatic rings. The number of para-hydroxylation sites is 2. The van der Waals surface area contributed by atoms with Gasteiger partial charge in [0.15, 0.2) is 17.6 Å². The Morgan fingerprint density at radius 2 is 2.21 bits per heavy atom. The van der Waals surface area contributed by atoms with E-state index in [0.29, 0.717) is 19.7 Å². The highest BCUT2D eigenvalue weighted by Crippen LogP contribution is 2.30. The van der Waals surface area contributed by atoms with Crippen LogP contribution in [0.3, 0.4) is 0 Å². The number of nitrogens with one attached hydrogen (secondary N) is 1. The van der Waals surface area contributed by atoms with Gasteiger partial charge in [0.05, 0.1) is 6.54 Å². The topological polar surface area (TPSA) is 68.6 Å². The summed E-state index contributed by atoms with van der Waals surface area (Å²) in [5, 5.41) is 7.03. The predicted molar refractivity (Wildman–Crippen MR) is 89.2 cm³/mol. The Kier molecular flexibility index (Phi) is 5.20. The largest absolute Gasteiger partial charge is 0.486 e. The van der Waals surface area contributed by atoms with Gasteiger partial charge in [-0.2, -0.15) is 5.10 Å². The molecule has 0 spiro atoms. The van der Waals surface area contributed by atoms with E-state index in [4.69, 9.17) is 9.47 Å². The van der Waals surface area contributed by atoms with Crippen molar-refractivity contribution >= 4 is 6.03 Å². The minimum Gasteiger partial charge on any atom is -0.486 e. The summed E-state index contributed by atoms with van der Waals surface area (Å²) in [6, 6.07) is 9.33. The number of urea groups is 1. The van der Waals surface area contributed by atoms with Crippen LogP contribution in [0, 0.1) is 0 Å². The van der Waals surface area contributed by atoms with Gasteiger partial charge in [-0.3, -0.25) is 4.68 Å². The Hall–Kier alpha value is -2.70. The second kappa shape index (κ2) is 7.72. The molecule has 1 aromatic heterocycles. The molecule has 0 radical (unpaired) electrons. The summed E-state index contributed by atoms with van der Waals surface area (Å²) in [7, 11) is 1.76. The van der Waals surface area contributed by atoms with Gasteiger partial charge in [-0.15, -0.1) is 0 Å². The molecule has 3 rings (SSSR count). The van der Waals surface area contributed by atoms with E-state index in [1.807, 2.05) is 41.2 Å². The number of carbonyl (C=O) groups is 1. The number of ether oxygens (including phenoxy) is 2. The summed E-state index contributed by atoms with van der Waals surface area (Å²) < 4.78 is 13.4. The lowest BCUT2D eigenvalue weighted by Crippen LogP contribution is -2.45. The minimum atomic E-state index is -0.167. The molecule has 1 aromatic carbocycles. The molecule has 0 saturated carbocycles. The fourth-order valence-electron chi connectivity index (χ4n) is 2.55. The van der Waals surface area contributed by atoms with Crippen molar-refractivity contribution in [1.82, 2.24) is 20.0 Å². The smallest absolute Gasteiger partial charge is 0.317 e. The van der Waals surface area contributed by atoms with Crippen molar-refractivity contribution in [3.05, 3.63) is 42.7 Å². The molecule has 2 aromatic rings. The Bertz CT molecular complexity index is 660. The lowest BCUT2D eigenvalue weighted by molar-refractivity contribution is 0.0716. The number of aromatic nitrogens is 2. The maximum absolute atomic E-state index is 12.1. The van der Waals surface area contributed by atoms with Gasteiger partial charge >= 0.3 is 6.03 Å². The van der Waals surface area contributed by atoms with Crippen LogP contribution in [0.5, 0.6) is 11.5 Å². The van der Waals surface area contributed by atoms with Gasteiger partial charge in [0.2, 0.25) is 0 Å². The summed E-state index contributed by atoms with van der Waals surface area (Å²) in [6.45, 7) is 2.30. The Morgan fingerprint density at radius 1 is 1.38 bits per heavy atom. The fraction of sp³-hybridized carbons (Fsp3) is 0.412. The zero-order valence-corrected chi connectivity index (χ0v) is 13.7. The lowest BCUT2D eigenvalue weighted by atomic mass is 10.2. The zero-order chi connectivity index (χ0) is 16.8. The molecule has 24 heavy (non-hydrogen) atoms. The van der Waals surface area contributed by atoms with E-state index in [0.717, 1.165) is 24.5 Å². The number of hydrogen-bond donors (Lipinski definition) is 1. The van der Waals surface area contributed by atoms with Crippen LogP contribution in [-0.4, -0.2) is 53.6 Å². The van der Waals surface area contributed by atoms with Crippen molar-refractivity contribution in [1.29, 1.82) is 0 Å². The maximum Gasteiger partial charge on any atom is 0.317 e. The van der Waals surface area contributed by atoms with Crippen LogP contribution in [-0.2, 0) is 6.54 Å². The van der Waals surface area contributed by atoms with Crippen LogP contribution >= 0.6 is 0 Å². The zero-order valence-electron chi connectivity index (χ0n) is 13.7. The van der Waals surface area contributed by atoms with Crippen molar-refractivity contribution in [2.24, 2.45) is 0 Å². The number of rotatable bonds is 6. The second-order valence-electron chi connectivity index (χ2n) is 5.73. The number of aryl methyl sites for hydroxylation is 1. The highest BCUT2D eigenvalue weighted by molar-refractivity contribution is 5.73. The van der Waals surface area contributed by atoms with Crippen molar-refractivity contribution in [2.45, 2.75) is 19.1 Å². The van der Waals surface area contributed by atoms with Crippen molar-refractivity contribution < 1.29 is 14.3 Å². The number of likely N-dealkylation sites (N-methyl/N-ethyl adjacent to an activating group) is 1. The van der Waals surface area contributed by atoms with Crippen LogP contribution in [0.15, 0.2) is 42.7 Å². The molecule has 2 heterocycles. The van der Waals surface area contributed by atoms with Gasteiger partial charge in [0.1, 0.15) is 6.61 Å². The van der Waals surface area contributed by atoms with E-state index in [1.165, 1.54) is 0 Å².